The molecule has 2 aromatic rings. The molecule has 0 saturated carbocycles. The Morgan fingerprint density at radius 2 is 2.19 bits per heavy atom. The second-order valence-electron chi connectivity index (χ2n) is 5.47. The van der Waals surface area contributed by atoms with Crippen LogP contribution in [-0.2, 0) is 16.1 Å². The van der Waals surface area contributed by atoms with E-state index in [0.29, 0.717) is 18.3 Å². The fourth-order valence-corrected chi connectivity index (χ4v) is 3.16. The van der Waals surface area contributed by atoms with E-state index in [1.165, 1.54) is 17.8 Å². The molecule has 0 atom stereocenters. The van der Waals surface area contributed by atoms with Gasteiger partial charge in [-0.2, -0.15) is 4.39 Å². The van der Waals surface area contributed by atoms with Crippen molar-refractivity contribution in [3.05, 3.63) is 45.5 Å². The highest BCUT2D eigenvalue weighted by molar-refractivity contribution is 7.99. The lowest BCUT2D eigenvalue weighted by atomic mass is 10.2. The molecule has 0 aliphatic rings. The summed E-state index contributed by atoms with van der Waals surface area (Å²) < 4.78 is 20.4. The first kappa shape index (κ1) is 19.9. The predicted octanol–water partition coefficient (Wildman–Crippen LogP) is 2.92. The van der Waals surface area contributed by atoms with E-state index >= 15 is 0 Å². The van der Waals surface area contributed by atoms with E-state index in [1.807, 2.05) is 18.4 Å². The number of thioether (sulfide) groups is 1. The van der Waals surface area contributed by atoms with Crippen molar-refractivity contribution in [2.24, 2.45) is 0 Å². The van der Waals surface area contributed by atoms with Gasteiger partial charge in [-0.05, 0) is 26.0 Å². The summed E-state index contributed by atoms with van der Waals surface area (Å²) in [7, 11) is 1.61. The van der Waals surface area contributed by atoms with Crippen LogP contribution in [0.1, 0.15) is 11.4 Å². The number of hydrogen-bond donors (Lipinski definition) is 1. The Hall–Kier alpha value is -2.46. The van der Waals surface area contributed by atoms with E-state index in [2.05, 4.69) is 10.3 Å². The molecule has 1 amide bonds. The van der Waals surface area contributed by atoms with Crippen LogP contribution < -0.4 is 5.32 Å². The fourth-order valence-electron chi connectivity index (χ4n) is 2.24. The third-order valence-corrected chi connectivity index (χ3v) is 4.68. The number of rotatable bonds is 8. The monoisotopic (exact) mass is 382 g/mol. The van der Waals surface area contributed by atoms with Gasteiger partial charge in [0, 0.05) is 31.1 Å². The van der Waals surface area contributed by atoms with E-state index in [1.54, 1.807) is 7.11 Å². The zero-order valence-corrected chi connectivity index (χ0v) is 15.4. The van der Waals surface area contributed by atoms with Crippen LogP contribution >= 0.6 is 11.8 Å². The Kier molecular flexibility index (Phi) is 6.70. The molecular formula is C16H19FN4O4S. The molecule has 0 radical (unpaired) electrons. The maximum atomic E-state index is 13.3. The molecule has 0 aliphatic carbocycles. The standard InChI is InChI=1S/C16H19FN4O4S/c1-10-11(2)20(6-7-25-3)16(18-10)26-9-15(22)19-12-4-5-13(17)14(8-12)21(23)24/h4-5,8H,6-7,9H2,1-3H3,(H,19,22). The summed E-state index contributed by atoms with van der Waals surface area (Å²) in [6, 6.07) is 3.22. The number of halogens is 1. The van der Waals surface area contributed by atoms with Gasteiger partial charge in [-0.15, -0.1) is 0 Å². The maximum absolute atomic E-state index is 13.3. The third-order valence-electron chi connectivity index (χ3n) is 3.70. The summed E-state index contributed by atoms with van der Waals surface area (Å²) in [5.74, 6) is -1.25. The number of imidazole rings is 1. The van der Waals surface area contributed by atoms with E-state index < -0.39 is 16.4 Å². The molecule has 1 heterocycles. The van der Waals surface area contributed by atoms with Gasteiger partial charge in [0.1, 0.15) is 0 Å². The van der Waals surface area contributed by atoms with Crippen molar-refractivity contribution in [1.29, 1.82) is 0 Å². The van der Waals surface area contributed by atoms with Gasteiger partial charge >= 0.3 is 5.69 Å². The van der Waals surface area contributed by atoms with Crippen LogP contribution in [0, 0.1) is 29.8 Å². The Balaban J connectivity index is 2.02. The Bertz CT molecular complexity index is 825. The molecule has 0 aliphatic heterocycles. The maximum Gasteiger partial charge on any atom is 0.306 e. The number of methoxy groups -OCH3 is 1. The SMILES string of the molecule is COCCn1c(SCC(=O)Nc2ccc(F)c([N+](=O)[O-])c2)nc(C)c1C. The minimum atomic E-state index is -0.950. The highest BCUT2D eigenvalue weighted by Crippen LogP contribution is 2.23. The van der Waals surface area contributed by atoms with Crippen molar-refractivity contribution in [2.75, 3.05) is 24.8 Å². The van der Waals surface area contributed by atoms with Crippen molar-refractivity contribution >= 4 is 29.0 Å². The summed E-state index contributed by atoms with van der Waals surface area (Å²) >= 11 is 1.25. The first-order chi connectivity index (χ1) is 12.3. The van der Waals surface area contributed by atoms with Crippen molar-refractivity contribution in [2.45, 2.75) is 25.5 Å². The number of aryl methyl sites for hydroxylation is 1. The molecule has 26 heavy (non-hydrogen) atoms. The van der Waals surface area contributed by atoms with Crippen LogP contribution in [0.3, 0.4) is 0 Å². The lowest BCUT2D eigenvalue weighted by Crippen LogP contribution is -2.15. The van der Waals surface area contributed by atoms with Crippen LogP contribution in [0.5, 0.6) is 0 Å². The Morgan fingerprint density at radius 1 is 1.46 bits per heavy atom. The zero-order valence-electron chi connectivity index (χ0n) is 14.6. The van der Waals surface area contributed by atoms with Gasteiger partial charge in [0.25, 0.3) is 0 Å². The number of nitro groups is 1. The second kappa shape index (κ2) is 8.77. The lowest BCUT2D eigenvalue weighted by molar-refractivity contribution is -0.387. The van der Waals surface area contributed by atoms with Gasteiger partial charge in [-0.25, -0.2) is 4.98 Å². The summed E-state index contributed by atoms with van der Waals surface area (Å²) in [5.41, 5.74) is 1.35. The lowest BCUT2D eigenvalue weighted by Gasteiger charge is -2.09. The van der Waals surface area contributed by atoms with Gasteiger partial charge < -0.3 is 14.6 Å². The van der Waals surface area contributed by atoms with Crippen LogP contribution in [-0.4, -0.2) is 39.9 Å². The molecule has 1 aromatic heterocycles. The number of hydrogen-bond acceptors (Lipinski definition) is 6. The first-order valence-corrected chi connectivity index (χ1v) is 8.71. The smallest absolute Gasteiger partial charge is 0.306 e. The number of aromatic nitrogens is 2. The molecule has 0 spiro atoms. The Morgan fingerprint density at radius 3 is 2.85 bits per heavy atom. The van der Waals surface area contributed by atoms with Crippen LogP contribution in [0.4, 0.5) is 15.8 Å². The molecule has 10 heteroatoms. The number of nitro benzene ring substituents is 1. The van der Waals surface area contributed by atoms with Crippen molar-refractivity contribution in [3.8, 4) is 0 Å². The highest BCUT2D eigenvalue weighted by atomic mass is 32.2. The molecule has 140 valence electrons. The van der Waals surface area contributed by atoms with E-state index in [-0.39, 0.29) is 17.3 Å². The normalized spacial score (nSPS) is 10.8. The Labute approximate surface area is 153 Å². The second-order valence-corrected chi connectivity index (χ2v) is 6.41. The number of ether oxygens (including phenoxy) is 1. The number of benzene rings is 1. The molecule has 8 nitrogen and oxygen atoms in total. The molecule has 0 bridgehead atoms. The summed E-state index contributed by atoms with van der Waals surface area (Å²) in [6.45, 7) is 4.98. The highest BCUT2D eigenvalue weighted by Gasteiger charge is 2.16. The number of carbonyl (C=O) groups is 1. The topological polar surface area (TPSA) is 99.3 Å². The van der Waals surface area contributed by atoms with Gasteiger partial charge in [-0.3, -0.25) is 14.9 Å². The minimum absolute atomic E-state index is 0.0635. The average Bonchev–Trinajstić information content (AvgIpc) is 2.86. The van der Waals surface area contributed by atoms with E-state index in [9.17, 15) is 19.3 Å². The molecule has 0 saturated heterocycles. The van der Waals surface area contributed by atoms with Crippen LogP contribution in [0.2, 0.25) is 0 Å². The van der Waals surface area contributed by atoms with Crippen molar-refractivity contribution in [1.82, 2.24) is 9.55 Å². The molecule has 0 fully saturated rings. The van der Waals surface area contributed by atoms with Crippen LogP contribution in [0.15, 0.2) is 23.4 Å². The number of amides is 1. The van der Waals surface area contributed by atoms with Gasteiger partial charge in [-0.1, -0.05) is 11.8 Å². The largest absolute Gasteiger partial charge is 0.383 e. The number of nitrogens with zero attached hydrogens (tertiary/aromatic N) is 3. The van der Waals surface area contributed by atoms with E-state index in [0.717, 1.165) is 23.5 Å². The van der Waals surface area contributed by atoms with Gasteiger partial charge in [0.15, 0.2) is 5.16 Å². The predicted molar refractivity (Wildman–Crippen MR) is 96.0 cm³/mol. The van der Waals surface area contributed by atoms with Crippen molar-refractivity contribution in [3.63, 3.8) is 0 Å². The van der Waals surface area contributed by atoms with Crippen molar-refractivity contribution < 1.29 is 18.8 Å². The quantitative estimate of drug-likeness (QED) is 0.428. The van der Waals surface area contributed by atoms with Gasteiger partial charge in [0.05, 0.1) is 23.0 Å². The molecule has 0 unspecified atom stereocenters. The minimum Gasteiger partial charge on any atom is -0.383 e. The number of anilines is 1. The molecular weight excluding hydrogens is 363 g/mol. The molecule has 1 N–H and O–H groups in total. The zero-order chi connectivity index (χ0) is 19.3. The molecule has 1 aromatic carbocycles. The summed E-state index contributed by atoms with van der Waals surface area (Å²) in [5, 5.41) is 14.0. The third kappa shape index (κ3) is 4.79. The summed E-state index contributed by atoms with van der Waals surface area (Å²) in [6.07, 6.45) is 0. The number of carbonyl (C=O) groups excluding carboxylic acids is 1. The molecule has 2 rings (SSSR count). The van der Waals surface area contributed by atoms with Crippen LogP contribution in [0.25, 0.3) is 0 Å². The first-order valence-electron chi connectivity index (χ1n) is 7.72. The summed E-state index contributed by atoms with van der Waals surface area (Å²) in [4.78, 5) is 26.5. The fraction of sp³-hybridized carbons (Fsp3) is 0.375. The van der Waals surface area contributed by atoms with E-state index in [4.69, 9.17) is 4.74 Å². The number of nitrogens with one attached hydrogen (secondary N) is 1. The average molecular weight is 382 g/mol. The van der Waals surface area contributed by atoms with Gasteiger partial charge in [0.2, 0.25) is 11.7 Å².